The number of carbonyl (C=O) groups is 2. The van der Waals surface area contributed by atoms with Gasteiger partial charge in [0, 0.05) is 0 Å². The van der Waals surface area contributed by atoms with Gasteiger partial charge in [-0.15, -0.1) is 0 Å². The van der Waals surface area contributed by atoms with Crippen LogP contribution in [0.1, 0.15) is 0 Å². The van der Waals surface area contributed by atoms with Crippen LogP contribution in [0, 0.1) is 0 Å². The van der Waals surface area contributed by atoms with Gasteiger partial charge in [0.15, 0.2) is 0 Å². The summed E-state index contributed by atoms with van der Waals surface area (Å²) in [6.45, 7) is -0.0162. The highest BCUT2D eigenvalue weighted by Crippen LogP contribution is 2.24. The Morgan fingerprint density at radius 2 is 1.07 bits per heavy atom. The summed E-state index contributed by atoms with van der Waals surface area (Å²) in [6, 6.07) is 18.1. The summed E-state index contributed by atoms with van der Waals surface area (Å²) in [5.41, 5.74) is 0. The van der Waals surface area contributed by atoms with E-state index in [1.165, 1.54) is 0 Å². The summed E-state index contributed by atoms with van der Waals surface area (Å²) in [4.78, 5) is 24.7. The normalized spacial score (nSPS) is 13.7. The summed E-state index contributed by atoms with van der Waals surface area (Å²) in [7, 11) is 0. The minimum atomic E-state index is -2.32. The Hall–Kier alpha value is -3.68. The summed E-state index contributed by atoms with van der Waals surface area (Å²) in [5, 5.41) is 0. The highest BCUT2D eigenvalue weighted by atomic mass is 16.8. The van der Waals surface area contributed by atoms with Gasteiger partial charge in [-0.1, -0.05) is 36.4 Å². The fraction of sp³-hybridized carbons (Fsp3) is 0.238. The van der Waals surface area contributed by atoms with Crippen LogP contribution >= 0.6 is 0 Å². The Balaban J connectivity index is 1.43. The summed E-state index contributed by atoms with van der Waals surface area (Å²) >= 11 is 0. The molecule has 8 nitrogen and oxygen atoms in total. The molecule has 0 bridgehead atoms. The Bertz CT molecular complexity index is 750. The van der Waals surface area contributed by atoms with Crippen molar-refractivity contribution in [3.63, 3.8) is 0 Å². The van der Waals surface area contributed by atoms with Crippen LogP contribution < -0.4 is 9.47 Å². The van der Waals surface area contributed by atoms with Crippen molar-refractivity contribution in [3.05, 3.63) is 73.2 Å². The van der Waals surface area contributed by atoms with Crippen LogP contribution in [0.25, 0.3) is 0 Å². The number of hydrogen-bond donors (Lipinski definition) is 0. The van der Waals surface area contributed by atoms with Crippen LogP contribution in [0.15, 0.2) is 73.2 Å². The second-order valence-corrected chi connectivity index (χ2v) is 5.72. The highest BCUT2D eigenvalue weighted by Gasteiger charge is 2.56. The standard InChI is InChI=1S/C21H20O8/c22-19(26-13-11-24-17-7-3-1-4-8-17)21(28-15-16-29-21)20(23)27-14-12-25-18-9-5-2-6-10-18/h1-10,15-16H,11-14H2. The number of para-hydroxylation sites is 2. The fourth-order valence-corrected chi connectivity index (χ4v) is 2.36. The molecule has 152 valence electrons. The van der Waals surface area contributed by atoms with Crippen LogP contribution in [0.2, 0.25) is 0 Å². The SMILES string of the molecule is O=C(OCCOc1ccccc1)C1(C(=O)OCCOc2ccccc2)OC=CO1. The molecule has 0 aromatic heterocycles. The van der Waals surface area contributed by atoms with E-state index in [4.69, 9.17) is 28.4 Å². The lowest BCUT2D eigenvalue weighted by Crippen LogP contribution is -2.50. The maximum absolute atomic E-state index is 12.4. The maximum Gasteiger partial charge on any atom is 0.452 e. The van der Waals surface area contributed by atoms with E-state index in [1.54, 1.807) is 24.3 Å². The molecule has 29 heavy (non-hydrogen) atoms. The quantitative estimate of drug-likeness (QED) is 0.341. The van der Waals surface area contributed by atoms with Crippen LogP contribution in [0.3, 0.4) is 0 Å². The van der Waals surface area contributed by atoms with Crippen molar-refractivity contribution in [1.29, 1.82) is 0 Å². The monoisotopic (exact) mass is 400 g/mol. The molecule has 2 aromatic rings. The Labute approximate surface area is 167 Å². The molecule has 8 heteroatoms. The van der Waals surface area contributed by atoms with Crippen molar-refractivity contribution < 1.29 is 38.0 Å². The van der Waals surface area contributed by atoms with Crippen LogP contribution in [-0.2, 0) is 28.5 Å². The Morgan fingerprint density at radius 1 is 0.655 bits per heavy atom. The average molecular weight is 400 g/mol. The molecular formula is C21H20O8. The van der Waals surface area contributed by atoms with Gasteiger partial charge in [0.05, 0.1) is 0 Å². The number of benzene rings is 2. The lowest BCUT2D eigenvalue weighted by atomic mass is 10.3. The van der Waals surface area contributed by atoms with Gasteiger partial charge >= 0.3 is 17.7 Å². The van der Waals surface area contributed by atoms with Crippen molar-refractivity contribution in [3.8, 4) is 11.5 Å². The number of esters is 2. The van der Waals surface area contributed by atoms with Crippen molar-refractivity contribution in [2.45, 2.75) is 5.79 Å². The molecule has 0 unspecified atom stereocenters. The maximum atomic E-state index is 12.4. The van der Waals surface area contributed by atoms with E-state index < -0.39 is 17.7 Å². The second-order valence-electron chi connectivity index (χ2n) is 5.72. The first kappa shape index (κ1) is 20.1. The summed E-state index contributed by atoms with van der Waals surface area (Å²) in [5.74, 6) is -3.13. The van der Waals surface area contributed by atoms with Gasteiger partial charge in [-0.05, 0) is 24.3 Å². The van der Waals surface area contributed by atoms with E-state index in [9.17, 15) is 9.59 Å². The smallest absolute Gasteiger partial charge is 0.452 e. The van der Waals surface area contributed by atoms with Gasteiger partial charge in [0.25, 0.3) is 0 Å². The molecule has 1 aliphatic rings. The van der Waals surface area contributed by atoms with Gasteiger partial charge in [0.2, 0.25) is 0 Å². The van der Waals surface area contributed by atoms with Crippen molar-refractivity contribution in [2.24, 2.45) is 0 Å². The zero-order valence-corrected chi connectivity index (χ0v) is 15.5. The van der Waals surface area contributed by atoms with Crippen molar-refractivity contribution in [2.75, 3.05) is 26.4 Å². The van der Waals surface area contributed by atoms with E-state index >= 15 is 0 Å². The van der Waals surface area contributed by atoms with Gasteiger partial charge in [-0.2, -0.15) is 0 Å². The lowest BCUT2D eigenvalue weighted by molar-refractivity contribution is -0.217. The molecule has 2 aromatic carbocycles. The first-order valence-electron chi connectivity index (χ1n) is 8.91. The molecule has 1 heterocycles. The molecular weight excluding hydrogens is 380 g/mol. The minimum Gasteiger partial charge on any atom is -0.490 e. The first-order valence-corrected chi connectivity index (χ1v) is 8.91. The third kappa shape index (κ3) is 5.41. The van der Waals surface area contributed by atoms with E-state index in [0.29, 0.717) is 11.5 Å². The third-order valence-electron chi connectivity index (χ3n) is 3.72. The van der Waals surface area contributed by atoms with Crippen LogP contribution in [0.5, 0.6) is 11.5 Å². The zero-order chi connectivity index (χ0) is 20.4. The van der Waals surface area contributed by atoms with Gasteiger partial charge in [0.1, 0.15) is 50.5 Å². The summed E-state index contributed by atoms with van der Waals surface area (Å²) in [6.07, 6.45) is 2.15. The highest BCUT2D eigenvalue weighted by molar-refractivity contribution is 6.02. The molecule has 0 spiro atoms. The molecule has 0 saturated heterocycles. The van der Waals surface area contributed by atoms with Crippen molar-refractivity contribution >= 4 is 11.9 Å². The molecule has 0 saturated carbocycles. The van der Waals surface area contributed by atoms with E-state index in [2.05, 4.69) is 0 Å². The molecule has 0 fully saturated rings. The number of hydrogen-bond acceptors (Lipinski definition) is 8. The molecule has 1 aliphatic heterocycles. The molecule has 0 radical (unpaired) electrons. The average Bonchev–Trinajstić information content (AvgIpc) is 3.27. The minimum absolute atomic E-state index is 0.0965. The van der Waals surface area contributed by atoms with Gasteiger partial charge < -0.3 is 28.4 Å². The zero-order valence-electron chi connectivity index (χ0n) is 15.5. The molecule has 0 N–H and O–H groups in total. The van der Waals surface area contributed by atoms with Crippen molar-refractivity contribution in [1.82, 2.24) is 0 Å². The number of carbonyl (C=O) groups excluding carboxylic acids is 2. The summed E-state index contributed by atoms with van der Waals surface area (Å²) < 4.78 is 31.1. The number of rotatable bonds is 10. The fourth-order valence-electron chi connectivity index (χ4n) is 2.36. The molecule has 0 aliphatic carbocycles. The third-order valence-corrected chi connectivity index (χ3v) is 3.72. The first-order chi connectivity index (χ1) is 14.2. The van der Waals surface area contributed by atoms with Gasteiger partial charge in [-0.3, -0.25) is 0 Å². The molecule has 0 amide bonds. The predicted molar refractivity (Wildman–Crippen MR) is 99.8 cm³/mol. The second kappa shape index (κ2) is 10.0. The Kier molecular flexibility index (Phi) is 6.94. The topological polar surface area (TPSA) is 89.5 Å². The van der Waals surface area contributed by atoms with Crippen LogP contribution in [0.4, 0.5) is 0 Å². The van der Waals surface area contributed by atoms with Crippen LogP contribution in [-0.4, -0.2) is 44.2 Å². The predicted octanol–water partition coefficient (Wildman–Crippen LogP) is 2.45. The van der Waals surface area contributed by atoms with E-state index in [1.807, 2.05) is 36.4 Å². The Morgan fingerprint density at radius 3 is 1.48 bits per heavy atom. The van der Waals surface area contributed by atoms with E-state index in [-0.39, 0.29) is 26.4 Å². The number of ether oxygens (including phenoxy) is 6. The van der Waals surface area contributed by atoms with E-state index in [0.717, 1.165) is 12.5 Å². The van der Waals surface area contributed by atoms with Gasteiger partial charge in [-0.25, -0.2) is 9.59 Å². The molecule has 0 atom stereocenters. The lowest BCUT2D eigenvalue weighted by Gasteiger charge is -2.23. The molecule has 3 rings (SSSR count). The largest absolute Gasteiger partial charge is 0.490 e.